The van der Waals surface area contributed by atoms with E-state index < -0.39 is 11.0 Å². The van der Waals surface area contributed by atoms with Crippen molar-refractivity contribution in [3.63, 3.8) is 0 Å². The highest BCUT2D eigenvalue weighted by Crippen LogP contribution is 2.24. The molecule has 0 aliphatic carbocycles. The summed E-state index contributed by atoms with van der Waals surface area (Å²) in [6.45, 7) is 7.73. The zero-order valence-corrected chi connectivity index (χ0v) is 15.4. The van der Waals surface area contributed by atoms with Crippen LogP contribution in [0.1, 0.15) is 36.5 Å². The maximum atomic E-state index is 12.3. The third-order valence-electron chi connectivity index (χ3n) is 3.97. The molecule has 2 heterocycles. The van der Waals surface area contributed by atoms with Crippen molar-refractivity contribution in [3.8, 4) is 0 Å². The van der Waals surface area contributed by atoms with Gasteiger partial charge in [-0.15, -0.1) is 0 Å². The Morgan fingerprint density at radius 1 is 1.36 bits per heavy atom. The lowest BCUT2D eigenvalue weighted by Gasteiger charge is -2.14. The van der Waals surface area contributed by atoms with Crippen molar-refractivity contribution in [1.29, 1.82) is 0 Å². The third-order valence-corrected chi connectivity index (χ3v) is 4.34. The van der Waals surface area contributed by atoms with Crippen LogP contribution in [0, 0.1) is 30.9 Å². The minimum absolute atomic E-state index is 0.0504. The number of nitrogens with zero attached hydrogens (tertiary/aromatic N) is 5. The summed E-state index contributed by atoms with van der Waals surface area (Å²) in [5.41, 5.74) is 1.39. The molecule has 136 valence electrons. The van der Waals surface area contributed by atoms with Gasteiger partial charge in [0.1, 0.15) is 17.4 Å². The van der Waals surface area contributed by atoms with Gasteiger partial charge in [0.25, 0.3) is 0 Å². The molecule has 1 unspecified atom stereocenters. The van der Waals surface area contributed by atoms with Gasteiger partial charge in [0, 0.05) is 19.3 Å². The van der Waals surface area contributed by atoms with E-state index in [4.69, 9.17) is 11.6 Å². The first-order valence-electron chi connectivity index (χ1n) is 7.89. The average Bonchev–Trinajstić information content (AvgIpc) is 3.01. The van der Waals surface area contributed by atoms with Crippen LogP contribution in [0.2, 0.25) is 5.02 Å². The normalized spacial score (nSPS) is 12.2. The highest BCUT2D eigenvalue weighted by molar-refractivity contribution is 6.31. The van der Waals surface area contributed by atoms with Gasteiger partial charge in [-0.25, -0.2) is 0 Å². The van der Waals surface area contributed by atoms with Crippen LogP contribution in [0.25, 0.3) is 0 Å². The topological polar surface area (TPSA) is 108 Å². The van der Waals surface area contributed by atoms with Crippen molar-refractivity contribution in [3.05, 3.63) is 38.4 Å². The number of hydrogen-bond donors (Lipinski definition) is 1. The predicted octanol–water partition coefficient (Wildman–Crippen LogP) is 2.33. The standard InChI is InChI=1S/C15H21ClN6O3/c1-9-13(16)8-20(18-9)7-5-6-17-15(23)12(4)21-11(3)14(22(24)25)10(2)19-21/h8,12H,5-7H2,1-4H3,(H,17,23). The van der Waals surface area contributed by atoms with Gasteiger partial charge in [-0.1, -0.05) is 11.6 Å². The second kappa shape index (κ2) is 7.64. The van der Waals surface area contributed by atoms with Crippen molar-refractivity contribution >= 4 is 23.2 Å². The Balaban J connectivity index is 1.90. The lowest BCUT2D eigenvalue weighted by molar-refractivity contribution is -0.386. The van der Waals surface area contributed by atoms with Crippen LogP contribution in [-0.2, 0) is 11.3 Å². The Labute approximate surface area is 150 Å². The average molecular weight is 369 g/mol. The Bertz CT molecular complexity index is 778. The van der Waals surface area contributed by atoms with E-state index in [1.807, 2.05) is 6.92 Å². The van der Waals surface area contributed by atoms with E-state index in [2.05, 4.69) is 15.5 Å². The second-order valence-corrected chi connectivity index (χ2v) is 6.27. The van der Waals surface area contributed by atoms with Crippen molar-refractivity contribution in [1.82, 2.24) is 24.9 Å². The summed E-state index contributed by atoms with van der Waals surface area (Å²) in [7, 11) is 0. The van der Waals surface area contributed by atoms with Crippen LogP contribution >= 0.6 is 11.6 Å². The van der Waals surface area contributed by atoms with Gasteiger partial charge >= 0.3 is 5.69 Å². The quantitative estimate of drug-likeness (QED) is 0.458. The summed E-state index contributed by atoms with van der Waals surface area (Å²) in [5.74, 6) is -0.241. The van der Waals surface area contributed by atoms with E-state index in [1.54, 1.807) is 31.6 Å². The Kier molecular flexibility index (Phi) is 5.78. The largest absolute Gasteiger partial charge is 0.354 e. The number of nitro groups is 1. The molecule has 0 aromatic carbocycles. The SMILES string of the molecule is Cc1nn(CCCNC(=O)C(C)n2nc(C)c([N+](=O)[O-])c2C)cc1Cl. The van der Waals surface area contributed by atoms with Gasteiger partial charge in [0.05, 0.1) is 15.6 Å². The van der Waals surface area contributed by atoms with Gasteiger partial charge in [0.2, 0.25) is 5.91 Å². The number of carbonyl (C=O) groups is 1. The number of carbonyl (C=O) groups excluding carboxylic acids is 1. The van der Waals surface area contributed by atoms with Crippen molar-refractivity contribution in [2.75, 3.05) is 6.54 Å². The van der Waals surface area contributed by atoms with E-state index in [1.165, 1.54) is 4.68 Å². The zero-order valence-electron chi connectivity index (χ0n) is 14.6. The molecule has 0 radical (unpaired) electrons. The molecule has 10 heteroatoms. The van der Waals surface area contributed by atoms with Crippen molar-refractivity contribution in [2.45, 2.75) is 46.7 Å². The van der Waals surface area contributed by atoms with Crippen LogP contribution < -0.4 is 5.32 Å². The summed E-state index contributed by atoms with van der Waals surface area (Å²) in [6.07, 6.45) is 2.43. The summed E-state index contributed by atoms with van der Waals surface area (Å²) >= 11 is 5.94. The Hall–Kier alpha value is -2.42. The van der Waals surface area contributed by atoms with Gasteiger partial charge in [-0.05, 0) is 34.1 Å². The van der Waals surface area contributed by atoms with Crippen LogP contribution in [0.15, 0.2) is 6.20 Å². The second-order valence-electron chi connectivity index (χ2n) is 5.87. The first-order valence-corrected chi connectivity index (χ1v) is 8.27. The van der Waals surface area contributed by atoms with Crippen molar-refractivity contribution in [2.24, 2.45) is 0 Å². The zero-order chi connectivity index (χ0) is 18.7. The molecule has 0 fully saturated rings. The van der Waals surface area contributed by atoms with E-state index in [9.17, 15) is 14.9 Å². The number of rotatable bonds is 7. The molecular formula is C15H21ClN6O3. The van der Waals surface area contributed by atoms with Gasteiger partial charge < -0.3 is 5.32 Å². The summed E-state index contributed by atoms with van der Waals surface area (Å²) < 4.78 is 3.12. The maximum Gasteiger partial charge on any atom is 0.312 e. The molecule has 0 aliphatic rings. The highest BCUT2D eigenvalue weighted by Gasteiger charge is 2.26. The van der Waals surface area contributed by atoms with E-state index in [0.717, 1.165) is 5.69 Å². The van der Waals surface area contributed by atoms with Crippen LogP contribution in [-0.4, -0.2) is 36.9 Å². The molecule has 1 N–H and O–H groups in total. The molecule has 2 aromatic rings. The number of halogens is 1. The molecule has 0 bridgehead atoms. The summed E-state index contributed by atoms with van der Waals surface area (Å²) in [5, 5.41) is 22.9. The molecule has 1 amide bonds. The Morgan fingerprint density at radius 3 is 2.56 bits per heavy atom. The molecule has 0 saturated carbocycles. The third kappa shape index (κ3) is 4.16. The fourth-order valence-electron chi connectivity index (χ4n) is 2.62. The molecule has 0 saturated heterocycles. The molecule has 25 heavy (non-hydrogen) atoms. The van der Waals surface area contributed by atoms with Gasteiger partial charge in [0.15, 0.2) is 0 Å². The number of nitrogens with one attached hydrogen (secondary N) is 1. The van der Waals surface area contributed by atoms with E-state index in [0.29, 0.717) is 35.9 Å². The smallest absolute Gasteiger partial charge is 0.312 e. The summed E-state index contributed by atoms with van der Waals surface area (Å²) in [6, 6.07) is -0.631. The van der Waals surface area contributed by atoms with E-state index in [-0.39, 0.29) is 11.6 Å². The molecule has 2 aromatic heterocycles. The molecule has 2 rings (SSSR count). The first-order chi connectivity index (χ1) is 11.7. The number of amides is 1. The van der Waals surface area contributed by atoms with Crippen molar-refractivity contribution < 1.29 is 9.72 Å². The highest BCUT2D eigenvalue weighted by atomic mass is 35.5. The molecule has 0 aliphatic heterocycles. The molecule has 9 nitrogen and oxygen atoms in total. The maximum absolute atomic E-state index is 12.3. The minimum Gasteiger partial charge on any atom is -0.354 e. The lowest BCUT2D eigenvalue weighted by Crippen LogP contribution is -2.33. The van der Waals surface area contributed by atoms with Crippen LogP contribution in [0.5, 0.6) is 0 Å². The predicted molar refractivity (Wildman–Crippen MR) is 92.7 cm³/mol. The molecular weight excluding hydrogens is 348 g/mol. The number of aryl methyl sites for hydroxylation is 3. The fraction of sp³-hybridized carbons (Fsp3) is 0.533. The molecule has 0 spiro atoms. The Morgan fingerprint density at radius 2 is 2.04 bits per heavy atom. The van der Waals surface area contributed by atoms with E-state index >= 15 is 0 Å². The lowest BCUT2D eigenvalue weighted by atomic mass is 10.2. The van der Waals surface area contributed by atoms with Gasteiger partial charge in [-0.3, -0.25) is 24.3 Å². The number of aromatic nitrogens is 4. The number of hydrogen-bond acceptors (Lipinski definition) is 5. The molecule has 1 atom stereocenters. The summed E-state index contributed by atoms with van der Waals surface area (Å²) in [4.78, 5) is 22.8. The van der Waals surface area contributed by atoms with Gasteiger partial charge in [-0.2, -0.15) is 10.2 Å². The van der Waals surface area contributed by atoms with Crippen LogP contribution in [0.3, 0.4) is 0 Å². The monoisotopic (exact) mass is 368 g/mol. The minimum atomic E-state index is -0.631. The fourth-order valence-corrected chi connectivity index (χ4v) is 2.77. The first kappa shape index (κ1) is 18.9. The van der Waals surface area contributed by atoms with Crippen LogP contribution in [0.4, 0.5) is 5.69 Å².